The van der Waals surface area contributed by atoms with E-state index in [2.05, 4.69) is 5.32 Å². The number of halogens is 1. The first-order valence-corrected chi connectivity index (χ1v) is 7.00. The van der Waals surface area contributed by atoms with Gasteiger partial charge in [-0.15, -0.1) is 0 Å². The van der Waals surface area contributed by atoms with Crippen LogP contribution in [0.3, 0.4) is 0 Å². The summed E-state index contributed by atoms with van der Waals surface area (Å²) in [5, 5.41) is 11.8. The molecule has 0 radical (unpaired) electrons. The second kappa shape index (κ2) is 6.76. The Balaban J connectivity index is 2.89. The van der Waals surface area contributed by atoms with Crippen LogP contribution in [0.4, 0.5) is 0 Å². The van der Waals surface area contributed by atoms with E-state index in [1.807, 2.05) is 27.7 Å². The minimum Gasteiger partial charge on any atom is -0.478 e. The monoisotopic (exact) mass is 309 g/mol. The van der Waals surface area contributed by atoms with Crippen LogP contribution in [-0.4, -0.2) is 23.0 Å². The van der Waals surface area contributed by atoms with Crippen molar-refractivity contribution in [2.75, 3.05) is 0 Å². The quantitative estimate of drug-likeness (QED) is 0.835. The number of carboxylic acid groups (broad SMARTS) is 1. The fraction of sp³-hybridized carbons (Fsp3) is 0.375. The van der Waals surface area contributed by atoms with Crippen LogP contribution in [-0.2, 0) is 4.79 Å². The van der Waals surface area contributed by atoms with Gasteiger partial charge in [0, 0.05) is 22.7 Å². The van der Waals surface area contributed by atoms with Crippen molar-refractivity contribution in [2.24, 2.45) is 5.41 Å². The van der Waals surface area contributed by atoms with Crippen molar-refractivity contribution in [3.8, 4) is 0 Å². The fourth-order valence-corrected chi connectivity index (χ4v) is 1.70. The Hall–Kier alpha value is -1.81. The highest BCUT2D eigenvalue weighted by Gasteiger charge is 2.22. The third kappa shape index (κ3) is 5.23. The summed E-state index contributed by atoms with van der Waals surface area (Å²) in [6, 6.07) is 4.79. The van der Waals surface area contributed by atoms with Gasteiger partial charge in [-0.05, 0) is 36.1 Å². The normalized spacial score (nSPS) is 13.2. The first-order chi connectivity index (χ1) is 9.61. The number of hydrogen-bond donors (Lipinski definition) is 2. The molecule has 0 saturated carbocycles. The molecular formula is C16H20ClNO3. The van der Waals surface area contributed by atoms with E-state index in [-0.39, 0.29) is 17.4 Å². The summed E-state index contributed by atoms with van der Waals surface area (Å²) in [6.45, 7) is 8.09. The first-order valence-electron chi connectivity index (χ1n) is 6.62. The third-order valence-electron chi connectivity index (χ3n) is 3.31. The first kappa shape index (κ1) is 17.2. The van der Waals surface area contributed by atoms with Crippen LogP contribution in [0.15, 0.2) is 24.3 Å². The highest BCUT2D eigenvalue weighted by atomic mass is 35.5. The van der Waals surface area contributed by atoms with Gasteiger partial charge in [-0.2, -0.15) is 0 Å². The molecule has 0 bridgehead atoms. The molecule has 0 aliphatic carbocycles. The number of carbonyl (C=O) groups excluding carboxylic acids is 1. The van der Waals surface area contributed by atoms with Gasteiger partial charge in [-0.1, -0.05) is 38.4 Å². The van der Waals surface area contributed by atoms with Crippen LogP contribution in [0.25, 0.3) is 6.08 Å². The van der Waals surface area contributed by atoms with E-state index in [1.54, 1.807) is 12.1 Å². The van der Waals surface area contributed by atoms with E-state index in [9.17, 15) is 9.59 Å². The van der Waals surface area contributed by atoms with Gasteiger partial charge in [0.05, 0.1) is 0 Å². The lowest BCUT2D eigenvalue weighted by molar-refractivity contribution is -0.131. The number of benzene rings is 1. The summed E-state index contributed by atoms with van der Waals surface area (Å²) in [6.07, 6.45) is 2.40. The van der Waals surface area contributed by atoms with Gasteiger partial charge < -0.3 is 10.4 Å². The molecule has 1 atom stereocenters. The molecule has 2 N–H and O–H groups in total. The molecule has 4 nitrogen and oxygen atoms in total. The maximum absolute atomic E-state index is 12.1. The molecule has 1 rings (SSSR count). The average Bonchev–Trinajstić information content (AvgIpc) is 2.35. The Morgan fingerprint density at radius 3 is 2.43 bits per heavy atom. The molecular weight excluding hydrogens is 290 g/mol. The summed E-state index contributed by atoms with van der Waals surface area (Å²) in [5.74, 6) is -1.25. The third-order valence-corrected chi connectivity index (χ3v) is 3.64. The summed E-state index contributed by atoms with van der Waals surface area (Å²) in [7, 11) is 0. The Kier molecular flexibility index (Phi) is 5.55. The van der Waals surface area contributed by atoms with Gasteiger partial charge in [0.1, 0.15) is 0 Å². The molecule has 0 aromatic heterocycles. The summed E-state index contributed by atoms with van der Waals surface area (Å²) in [4.78, 5) is 22.6. The molecule has 0 aliphatic rings. The lowest BCUT2D eigenvalue weighted by atomic mass is 9.88. The van der Waals surface area contributed by atoms with Crippen LogP contribution in [0.5, 0.6) is 0 Å². The molecule has 1 unspecified atom stereocenters. The molecule has 0 aliphatic heterocycles. The highest BCUT2D eigenvalue weighted by Crippen LogP contribution is 2.21. The molecule has 5 heteroatoms. The lowest BCUT2D eigenvalue weighted by Crippen LogP contribution is -2.41. The average molecular weight is 310 g/mol. The van der Waals surface area contributed by atoms with Crippen molar-refractivity contribution >= 4 is 29.6 Å². The number of carbonyl (C=O) groups is 2. The molecule has 0 heterocycles. The van der Waals surface area contributed by atoms with Crippen molar-refractivity contribution in [1.82, 2.24) is 5.32 Å². The Labute approximate surface area is 129 Å². The molecule has 0 saturated heterocycles. The summed E-state index contributed by atoms with van der Waals surface area (Å²) < 4.78 is 0. The lowest BCUT2D eigenvalue weighted by Gasteiger charge is -2.28. The fourth-order valence-electron chi connectivity index (χ4n) is 1.46. The van der Waals surface area contributed by atoms with Gasteiger partial charge in [0.2, 0.25) is 0 Å². The number of aliphatic carboxylic acids is 1. The Morgan fingerprint density at radius 2 is 1.95 bits per heavy atom. The molecule has 1 aromatic rings. The molecule has 1 aromatic carbocycles. The maximum Gasteiger partial charge on any atom is 0.328 e. The number of amides is 1. The van der Waals surface area contributed by atoms with E-state index in [0.29, 0.717) is 16.1 Å². The topological polar surface area (TPSA) is 66.4 Å². The zero-order chi connectivity index (χ0) is 16.2. The maximum atomic E-state index is 12.1. The largest absolute Gasteiger partial charge is 0.478 e. The van der Waals surface area contributed by atoms with E-state index in [1.165, 1.54) is 12.1 Å². The summed E-state index contributed by atoms with van der Waals surface area (Å²) >= 11 is 6.06. The number of hydrogen-bond acceptors (Lipinski definition) is 2. The molecule has 114 valence electrons. The van der Waals surface area contributed by atoms with Gasteiger partial charge in [-0.25, -0.2) is 4.79 Å². The van der Waals surface area contributed by atoms with Crippen molar-refractivity contribution < 1.29 is 14.7 Å². The van der Waals surface area contributed by atoms with Crippen LogP contribution in [0.1, 0.15) is 43.6 Å². The molecule has 1 amide bonds. The van der Waals surface area contributed by atoms with Crippen LogP contribution >= 0.6 is 11.6 Å². The Bertz CT molecular complexity index is 573. The minimum atomic E-state index is -1.05. The minimum absolute atomic E-state index is 0.00959. The number of carboxylic acids is 1. The highest BCUT2D eigenvalue weighted by molar-refractivity contribution is 6.32. The van der Waals surface area contributed by atoms with E-state index < -0.39 is 5.97 Å². The van der Waals surface area contributed by atoms with Crippen LogP contribution < -0.4 is 5.32 Å². The number of rotatable bonds is 4. The molecule has 21 heavy (non-hydrogen) atoms. The van der Waals surface area contributed by atoms with Crippen molar-refractivity contribution in [1.29, 1.82) is 0 Å². The Morgan fingerprint density at radius 1 is 1.33 bits per heavy atom. The van der Waals surface area contributed by atoms with Gasteiger partial charge >= 0.3 is 5.97 Å². The molecule has 0 spiro atoms. The second-order valence-electron chi connectivity index (χ2n) is 5.97. The van der Waals surface area contributed by atoms with Crippen molar-refractivity contribution in [2.45, 2.75) is 33.7 Å². The number of nitrogens with one attached hydrogen (secondary N) is 1. The molecule has 0 fully saturated rings. The SMILES string of the molecule is CC(NC(=O)c1ccc(/C=C/C(=O)O)c(Cl)c1)C(C)(C)C. The van der Waals surface area contributed by atoms with Crippen molar-refractivity contribution in [3.05, 3.63) is 40.4 Å². The van der Waals surface area contributed by atoms with Crippen LogP contribution in [0.2, 0.25) is 5.02 Å². The van der Waals surface area contributed by atoms with Gasteiger partial charge in [0.15, 0.2) is 0 Å². The van der Waals surface area contributed by atoms with E-state index in [0.717, 1.165) is 6.08 Å². The predicted molar refractivity (Wildman–Crippen MR) is 84.5 cm³/mol. The van der Waals surface area contributed by atoms with Gasteiger partial charge in [-0.3, -0.25) is 4.79 Å². The predicted octanol–water partition coefficient (Wildman–Crippen LogP) is 3.60. The zero-order valence-electron chi connectivity index (χ0n) is 12.6. The van der Waals surface area contributed by atoms with E-state index in [4.69, 9.17) is 16.7 Å². The van der Waals surface area contributed by atoms with Crippen LogP contribution in [0, 0.1) is 5.41 Å². The standard InChI is InChI=1S/C16H20ClNO3/c1-10(16(2,3)4)18-15(21)12-6-5-11(13(17)9-12)7-8-14(19)20/h5-10H,1-4H3,(H,18,21)(H,19,20)/b8-7+. The second-order valence-corrected chi connectivity index (χ2v) is 6.38. The van der Waals surface area contributed by atoms with E-state index >= 15 is 0 Å². The smallest absolute Gasteiger partial charge is 0.328 e. The zero-order valence-corrected chi connectivity index (χ0v) is 13.4. The van der Waals surface area contributed by atoms with Gasteiger partial charge in [0.25, 0.3) is 5.91 Å². The summed E-state index contributed by atoms with van der Waals surface area (Å²) in [5.41, 5.74) is 0.965. The van der Waals surface area contributed by atoms with Crippen molar-refractivity contribution in [3.63, 3.8) is 0 Å².